The number of aromatic nitrogens is 1. The van der Waals surface area contributed by atoms with Gasteiger partial charge >= 0.3 is 0 Å². The third-order valence-corrected chi connectivity index (χ3v) is 3.25. The Morgan fingerprint density at radius 3 is 2.81 bits per heavy atom. The zero-order chi connectivity index (χ0) is 11.2. The van der Waals surface area contributed by atoms with Crippen LogP contribution < -0.4 is 5.32 Å². The minimum absolute atomic E-state index is 0.253. The minimum atomic E-state index is -0.253. The molecule has 1 heterocycles. The first-order valence-corrected chi connectivity index (χ1v) is 6.15. The van der Waals surface area contributed by atoms with E-state index >= 15 is 0 Å². The highest BCUT2D eigenvalue weighted by Gasteiger charge is 2.12. The number of rotatable bonds is 4. The molecule has 1 saturated carbocycles. The smallest absolute Gasteiger partial charge is 0.141 e. The van der Waals surface area contributed by atoms with Gasteiger partial charge in [0.2, 0.25) is 0 Å². The van der Waals surface area contributed by atoms with Gasteiger partial charge < -0.3 is 5.32 Å². The van der Waals surface area contributed by atoms with Crippen LogP contribution in [0.25, 0.3) is 0 Å². The molecular formula is C13H19FN2. The Morgan fingerprint density at radius 2 is 2.06 bits per heavy atom. The average Bonchev–Trinajstić information content (AvgIpc) is 2.30. The van der Waals surface area contributed by atoms with E-state index in [0.29, 0.717) is 0 Å². The lowest BCUT2D eigenvalue weighted by Gasteiger charge is -2.21. The maximum Gasteiger partial charge on any atom is 0.141 e. The molecule has 0 unspecified atom stereocenters. The molecule has 0 saturated heterocycles. The molecular weight excluding hydrogens is 203 g/mol. The summed E-state index contributed by atoms with van der Waals surface area (Å²) >= 11 is 0. The highest BCUT2D eigenvalue weighted by atomic mass is 19.1. The highest BCUT2D eigenvalue weighted by Crippen LogP contribution is 2.22. The second-order valence-electron chi connectivity index (χ2n) is 4.65. The van der Waals surface area contributed by atoms with Crippen LogP contribution in [-0.2, 0) is 6.54 Å². The number of pyridine rings is 1. The fourth-order valence-corrected chi connectivity index (χ4v) is 2.36. The summed E-state index contributed by atoms with van der Waals surface area (Å²) in [5, 5.41) is 3.39. The van der Waals surface area contributed by atoms with E-state index in [9.17, 15) is 4.39 Å². The summed E-state index contributed by atoms with van der Waals surface area (Å²) in [6.45, 7) is 1.78. The first kappa shape index (κ1) is 11.5. The van der Waals surface area contributed by atoms with E-state index in [1.54, 1.807) is 12.3 Å². The van der Waals surface area contributed by atoms with Gasteiger partial charge in [-0.1, -0.05) is 19.3 Å². The van der Waals surface area contributed by atoms with Crippen LogP contribution in [0.1, 0.15) is 37.7 Å². The standard InChI is InChI=1S/C13H19FN2/c14-13-6-12(9-16-10-13)8-15-7-11-4-2-1-3-5-11/h6,9-11,15H,1-5,7-8H2. The molecule has 1 fully saturated rings. The molecule has 2 nitrogen and oxygen atoms in total. The summed E-state index contributed by atoms with van der Waals surface area (Å²) in [7, 11) is 0. The molecule has 1 aromatic heterocycles. The van der Waals surface area contributed by atoms with Crippen LogP contribution in [0.5, 0.6) is 0 Å². The maximum absolute atomic E-state index is 12.9. The van der Waals surface area contributed by atoms with Crippen molar-refractivity contribution < 1.29 is 4.39 Å². The van der Waals surface area contributed by atoms with Crippen LogP contribution in [-0.4, -0.2) is 11.5 Å². The monoisotopic (exact) mass is 222 g/mol. The fourth-order valence-electron chi connectivity index (χ4n) is 2.36. The van der Waals surface area contributed by atoms with E-state index in [1.165, 1.54) is 38.3 Å². The Hall–Kier alpha value is -0.960. The van der Waals surface area contributed by atoms with Crippen molar-refractivity contribution in [2.45, 2.75) is 38.6 Å². The molecule has 88 valence electrons. The zero-order valence-corrected chi connectivity index (χ0v) is 9.58. The molecule has 0 amide bonds. The molecule has 1 N–H and O–H groups in total. The lowest BCUT2D eigenvalue weighted by atomic mass is 9.89. The van der Waals surface area contributed by atoms with E-state index in [-0.39, 0.29) is 5.82 Å². The van der Waals surface area contributed by atoms with E-state index < -0.39 is 0 Å². The van der Waals surface area contributed by atoms with Crippen LogP contribution in [0.15, 0.2) is 18.5 Å². The molecule has 3 heteroatoms. The predicted octanol–water partition coefficient (Wildman–Crippen LogP) is 2.89. The van der Waals surface area contributed by atoms with Gasteiger partial charge in [0.05, 0.1) is 6.20 Å². The van der Waals surface area contributed by atoms with Crippen molar-refractivity contribution in [2.24, 2.45) is 5.92 Å². The summed E-state index contributed by atoms with van der Waals surface area (Å²) in [5.41, 5.74) is 0.927. The predicted molar refractivity (Wildman–Crippen MR) is 62.5 cm³/mol. The number of hydrogen-bond donors (Lipinski definition) is 1. The molecule has 1 aromatic rings. The summed E-state index contributed by atoms with van der Waals surface area (Å²) in [6.07, 6.45) is 9.77. The lowest BCUT2D eigenvalue weighted by molar-refractivity contribution is 0.342. The largest absolute Gasteiger partial charge is 0.312 e. The van der Waals surface area contributed by atoms with Gasteiger partial charge in [0, 0.05) is 12.7 Å². The van der Waals surface area contributed by atoms with Gasteiger partial charge in [-0.3, -0.25) is 4.98 Å². The van der Waals surface area contributed by atoms with Crippen molar-refractivity contribution in [3.05, 3.63) is 29.8 Å². The third kappa shape index (κ3) is 3.56. The van der Waals surface area contributed by atoms with Crippen molar-refractivity contribution in [3.8, 4) is 0 Å². The number of nitrogens with zero attached hydrogens (tertiary/aromatic N) is 1. The Morgan fingerprint density at radius 1 is 1.25 bits per heavy atom. The summed E-state index contributed by atoms with van der Waals surface area (Å²) in [5.74, 6) is 0.562. The van der Waals surface area contributed by atoms with Crippen molar-refractivity contribution in [1.29, 1.82) is 0 Å². The molecule has 1 aliphatic carbocycles. The number of hydrogen-bond acceptors (Lipinski definition) is 2. The van der Waals surface area contributed by atoms with Crippen LogP contribution in [0.4, 0.5) is 4.39 Å². The summed E-state index contributed by atoms with van der Waals surface area (Å²) in [6, 6.07) is 1.54. The van der Waals surface area contributed by atoms with Gasteiger partial charge in [0.1, 0.15) is 5.82 Å². The summed E-state index contributed by atoms with van der Waals surface area (Å²) in [4.78, 5) is 3.83. The molecule has 0 atom stereocenters. The topological polar surface area (TPSA) is 24.9 Å². The number of halogens is 1. The van der Waals surface area contributed by atoms with E-state index in [0.717, 1.165) is 24.6 Å². The Kier molecular flexibility index (Phi) is 4.28. The number of nitrogens with one attached hydrogen (secondary N) is 1. The molecule has 1 aliphatic rings. The van der Waals surface area contributed by atoms with Gasteiger partial charge in [-0.15, -0.1) is 0 Å². The second kappa shape index (κ2) is 5.94. The van der Waals surface area contributed by atoms with Gasteiger partial charge in [-0.25, -0.2) is 4.39 Å². The quantitative estimate of drug-likeness (QED) is 0.847. The first-order valence-electron chi connectivity index (χ1n) is 6.15. The molecule has 0 bridgehead atoms. The van der Waals surface area contributed by atoms with Gasteiger partial charge in [0.15, 0.2) is 0 Å². The second-order valence-corrected chi connectivity index (χ2v) is 4.65. The van der Waals surface area contributed by atoms with E-state index in [1.807, 2.05) is 0 Å². The molecule has 0 aromatic carbocycles. The van der Waals surface area contributed by atoms with Crippen molar-refractivity contribution >= 4 is 0 Å². The Bertz CT molecular complexity index is 321. The van der Waals surface area contributed by atoms with E-state index in [4.69, 9.17) is 0 Å². The SMILES string of the molecule is Fc1cncc(CNCC2CCCCC2)c1. The molecule has 0 spiro atoms. The van der Waals surface area contributed by atoms with Crippen LogP contribution >= 0.6 is 0 Å². The van der Waals surface area contributed by atoms with Crippen molar-refractivity contribution in [3.63, 3.8) is 0 Å². The molecule has 16 heavy (non-hydrogen) atoms. The fraction of sp³-hybridized carbons (Fsp3) is 0.615. The van der Waals surface area contributed by atoms with Crippen LogP contribution in [0, 0.1) is 11.7 Å². The Labute approximate surface area is 96.3 Å². The Balaban J connectivity index is 1.71. The summed E-state index contributed by atoms with van der Waals surface area (Å²) < 4.78 is 12.9. The lowest BCUT2D eigenvalue weighted by Crippen LogP contribution is -2.24. The maximum atomic E-state index is 12.9. The molecule has 0 radical (unpaired) electrons. The van der Waals surface area contributed by atoms with Crippen LogP contribution in [0.2, 0.25) is 0 Å². The van der Waals surface area contributed by atoms with Crippen molar-refractivity contribution in [2.75, 3.05) is 6.54 Å². The zero-order valence-electron chi connectivity index (χ0n) is 9.58. The van der Waals surface area contributed by atoms with Gasteiger partial charge in [0.25, 0.3) is 0 Å². The highest BCUT2D eigenvalue weighted by molar-refractivity contribution is 5.09. The first-order chi connectivity index (χ1) is 7.84. The minimum Gasteiger partial charge on any atom is -0.312 e. The average molecular weight is 222 g/mol. The van der Waals surface area contributed by atoms with Crippen molar-refractivity contribution in [1.82, 2.24) is 10.3 Å². The molecule has 0 aliphatic heterocycles. The normalized spacial score (nSPS) is 17.6. The van der Waals surface area contributed by atoms with Crippen LogP contribution in [0.3, 0.4) is 0 Å². The van der Waals surface area contributed by atoms with Gasteiger partial charge in [-0.05, 0) is 36.9 Å². The van der Waals surface area contributed by atoms with Gasteiger partial charge in [-0.2, -0.15) is 0 Å². The third-order valence-electron chi connectivity index (χ3n) is 3.25. The molecule has 2 rings (SSSR count). The van der Waals surface area contributed by atoms with E-state index in [2.05, 4.69) is 10.3 Å².